The van der Waals surface area contributed by atoms with E-state index in [1.54, 1.807) is 0 Å². The molecule has 3 nitrogen and oxygen atoms in total. The van der Waals surface area contributed by atoms with Crippen LogP contribution in [0.3, 0.4) is 0 Å². The number of hydrogen-bond donors (Lipinski definition) is 0. The maximum atomic E-state index is 12.8. The molecular weight excluding hydrogens is 310 g/mol. The zero-order valence-electron chi connectivity index (χ0n) is 13.8. The topological polar surface area (TPSA) is 29.5 Å². The molecule has 0 aliphatic carbocycles. The van der Waals surface area contributed by atoms with Crippen molar-refractivity contribution in [1.29, 1.82) is 0 Å². The first-order valence-electron chi connectivity index (χ1n) is 8.43. The van der Waals surface area contributed by atoms with Crippen LogP contribution < -0.4 is 4.90 Å². The lowest BCUT2D eigenvalue weighted by Crippen LogP contribution is -2.60. The van der Waals surface area contributed by atoms with Crippen LogP contribution in [-0.2, 0) is 16.1 Å². The van der Waals surface area contributed by atoms with Crippen LogP contribution in [0.15, 0.2) is 91.0 Å². The quantitative estimate of drug-likeness (QED) is 0.651. The summed E-state index contributed by atoms with van der Waals surface area (Å²) < 4.78 is 6.00. The third-order valence-corrected chi connectivity index (χ3v) is 4.49. The minimum atomic E-state index is -0.456. The molecule has 1 aliphatic rings. The Hall–Kier alpha value is -2.91. The fourth-order valence-corrected chi connectivity index (χ4v) is 3.24. The first kappa shape index (κ1) is 15.6. The number of hydrogen-bond acceptors (Lipinski definition) is 2. The fourth-order valence-electron chi connectivity index (χ4n) is 3.24. The minimum absolute atomic E-state index is 0.0102. The van der Waals surface area contributed by atoms with Gasteiger partial charge in [-0.15, -0.1) is 0 Å². The van der Waals surface area contributed by atoms with E-state index in [9.17, 15) is 4.79 Å². The van der Waals surface area contributed by atoms with Gasteiger partial charge in [0.1, 0.15) is 0 Å². The van der Waals surface area contributed by atoms with Gasteiger partial charge in [0.05, 0.1) is 12.6 Å². The molecule has 0 radical (unpaired) electrons. The van der Waals surface area contributed by atoms with E-state index in [0.717, 1.165) is 16.8 Å². The van der Waals surface area contributed by atoms with E-state index < -0.39 is 6.10 Å². The molecule has 0 spiro atoms. The van der Waals surface area contributed by atoms with E-state index in [-0.39, 0.29) is 11.9 Å². The lowest BCUT2D eigenvalue weighted by atomic mass is 9.89. The van der Waals surface area contributed by atoms with Gasteiger partial charge in [0.15, 0.2) is 6.10 Å². The number of nitrogens with zero attached hydrogens (tertiary/aromatic N) is 1. The van der Waals surface area contributed by atoms with Gasteiger partial charge in [0.25, 0.3) is 5.91 Å². The Labute approximate surface area is 147 Å². The van der Waals surface area contributed by atoms with Crippen molar-refractivity contribution in [3.05, 3.63) is 102 Å². The van der Waals surface area contributed by atoms with Gasteiger partial charge in [-0.3, -0.25) is 9.69 Å². The van der Waals surface area contributed by atoms with Gasteiger partial charge in [-0.1, -0.05) is 78.9 Å². The molecule has 1 amide bonds. The van der Waals surface area contributed by atoms with Gasteiger partial charge >= 0.3 is 0 Å². The summed E-state index contributed by atoms with van der Waals surface area (Å²) >= 11 is 0. The molecule has 1 aliphatic heterocycles. The molecule has 1 saturated heterocycles. The number of carbonyl (C=O) groups excluding carboxylic acids is 1. The molecule has 0 N–H and O–H groups in total. The summed E-state index contributed by atoms with van der Waals surface area (Å²) in [5.74, 6) is 0.0102. The maximum absolute atomic E-state index is 12.8. The van der Waals surface area contributed by atoms with Crippen molar-refractivity contribution in [2.75, 3.05) is 4.90 Å². The molecule has 4 rings (SSSR count). The largest absolute Gasteiger partial charge is 0.361 e. The second-order valence-electron chi connectivity index (χ2n) is 6.12. The van der Waals surface area contributed by atoms with E-state index >= 15 is 0 Å². The molecule has 1 fully saturated rings. The molecule has 0 aromatic heterocycles. The van der Waals surface area contributed by atoms with Crippen molar-refractivity contribution in [3.8, 4) is 0 Å². The molecule has 3 aromatic carbocycles. The molecule has 25 heavy (non-hydrogen) atoms. The highest BCUT2D eigenvalue weighted by Gasteiger charge is 2.49. The number of β-lactam (4-membered cyclic amide) rings is 1. The molecule has 2 atom stereocenters. The molecule has 0 saturated carbocycles. The van der Waals surface area contributed by atoms with Gasteiger partial charge in [0, 0.05) is 5.69 Å². The summed E-state index contributed by atoms with van der Waals surface area (Å²) in [5.41, 5.74) is 3.06. The first-order valence-corrected chi connectivity index (χ1v) is 8.43. The Morgan fingerprint density at radius 3 is 1.96 bits per heavy atom. The lowest BCUT2D eigenvalue weighted by molar-refractivity contribution is -0.143. The highest BCUT2D eigenvalue weighted by molar-refractivity contribution is 6.05. The van der Waals surface area contributed by atoms with E-state index in [4.69, 9.17) is 4.74 Å². The lowest BCUT2D eigenvalue weighted by Gasteiger charge is -2.46. The van der Waals surface area contributed by atoms with E-state index in [1.165, 1.54) is 0 Å². The van der Waals surface area contributed by atoms with Gasteiger partial charge in [-0.25, -0.2) is 0 Å². The number of para-hydroxylation sites is 1. The average molecular weight is 329 g/mol. The van der Waals surface area contributed by atoms with Crippen LogP contribution in [-0.4, -0.2) is 12.0 Å². The molecule has 0 unspecified atom stereocenters. The van der Waals surface area contributed by atoms with Crippen LogP contribution in [0.1, 0.15) is 17.2 Å². The smallest absolute Gasteiger partial charge is 0.259 e. The third-order valence-electron chi connectivity index (χ3n) is 4.49. The number of ether oxygens (including phenoxy) is 1. The summed E-state index contributed by atoms with van der Waals surface area (Å²) in [6.45, 7) is 0.434. The van der Waals surface area contributed by atoms with Crippen molar-refractivity contribution < 1.29 is 9.53 Å². The second-order valence-corrected chi connectivity index (χ2v) is 6.12. The Morgan fingerprint density at radius 1 is 0.760 bits per heavy atom. The number of benzene rings is 3. The standard InChI is InChI=1S/C22H19NO2/c24-22-21(25-16-17-10-4-1-5-11-17)20(18-12-6-2-7-13-18)23(22)19-14-8-3-9-15-19/h1-15,20-21H,16H2/t20-,21+/m0/s1. The van der Waals surface area contributed by atoms with E-state index in [2.05, 4.69) is 0 Å². The summed E-state index contributed by atoms with van der Waals surface area (Å²) in [4.78, 5) is 14.6. The number of rotatable bonds is 5. The predicted molar refractivity (Wildman–Crippen MR) is 98.1 cm³/mol. The summed E-state index contributed by atoms with van der Waals surface area (Å²) in [6.07, 6.45) is -0.456. The molecule has 1 heterocycles. The Bertz CT molecular complexity index is 834. The molecule has 3 heteroatoms. The minimum Gasteiger partial charge on any atom is -0.361 e. The summed E-state index contributed by atoms with van der Waals surface area (Å²) in [5, 5.41) is 0. The van der Waals surface area contributed by atoms with Crippen molar-refractivity contribution in [2.24, 2.45) is 0 Å². The average Bonchev–Trinajstić information content (AvgIpc) is 2.68. The van der Waals surface area contributed by atoms with Crippen LogP contribution in [0.2, 0.25) is 0 Å². The van der Waals surface area contributed by atoms with Gasteiger partial charge < -0.3 is 4.74 Å². The third kappa shape index (κ3) is 3.06. The SMILES string of the molecule is O=C1[C@H](OCc2ccccc2)[C@H](c2ccccc2)N1c1ccccc1. The fraction of sp³-hybridized carbons (Fsp3) is 0.136. The second kappa shape index (κ2) is 6.91. The highest BCUT2D eigenvalue weighted by Crippen LogP contribution is 2.40. The number of carbonyl (C=O) groups is 1. The van der Waals surface area contributed by atoms with Gasteiger partial charge in [-0.05, 0) is 23.3 Å². The predicted octanol–water partition coefficient (Wildman–Crippen LogP) is 4.36. The van der Waals surface area contributed by atoms with Crippen molar-refractivity contribution in [2.45, 2.75) is 18.8 Å². The number of amides is 1. The summed E-state index contributed by atoms with van der Waals surface area (Å²) in [7, 11) is 0. The monoisotopic (exact) mass is 329 g/mol. The zero-order chi connectivity index (χ0) is 17.1. The van der Waals surface area contributed by atoms with Crippen LogP contribution in [0.5, 0.6) is 0 Å². The normalized spacial score (nSPS) is 19.5. The van der Waals surface area contributed by atoms with Crippen LogP contribution in [0.4, 0.5) is 5.69 Å². The highest BCUT2D eigenvalue weighted by atomic mass is 16.5. The zero-order valence-corrected chi connectivity index (χ0v) is 13.8. The van der Waals surface area contributed by atoms with Crippen molar-refractivity contribution in [3.63, 3.8) is 0 Å². The molecule has 3 aromatic rings. The first-order chi connectivity index (χ1) is 12.3. The Kier molecular flexibility index (Phi) is 4.32. The van der Waals surface area contributed by atoms with E-state index in [1.807, 2.05) is 95.9 Å². The molecule has 0 bridgehead atoms. The van der Waals surface area contributed by atoms with Crippen molar-refractivity contribution in [1.82, 2.24) is 0 Å². The Balaban J connectivity index is 1.59. The van der Waals surface area contributed by atoms with Crippen LogP contribution in [0.25, 0.3) is 0 Å². The van der Waals surface area contributed by atoms with Gasteiger partial charge in [-0.2, -0.15) is 0 Å². The Morgan fingerprint density at radius 2 is 1.32 bits per heavy atom. The van der Waals surface area contributed by atoms with Crippen molar-refractivity contribution >= 4 is 11.6 Å². The molecular formula is C22H19NO2. The summed E-state index contributed by atoms with van der Waals surface area (Å²) in [6, 6.07) is 29.7. The van der Waals surface area contributed by atoms with Gasteiger partial charge in [0.2, 0.25) is 0 Å². The van der Waals surface area contributed by atoms with E-state index in [0.29, 0.717) is 6.61 Å². The van der Waals surface area contributed by atoms with Crippen LogP contribution >= 0.6 is 0 Å². The maximum Gasteiger partial charge on any atom is 0.259 e. The molecule has 124 valence electrons. The van der Waals surface area contributed by atoms with Crippen LogP contribution in [0, 0.1) is 0 Å². The number of anilines is 1.